The van der Waals surface area contributed by atoms with Crippen molar-refractivity contribution in [3.63, 3.8) is 0 Å². The minimum Gasteiger partial charge on any atom is -0.503 e. The SMILES string of the molecule is COCCN1C(=O)C(O)=C(C(=O)NCc2ccc(F)cc2)C1c1cccc2c1OCO2. The number of ether oxygens (including phenoxy) is 3. The summed E-state index contributed by atoms with van der Waals surface area (Å²) in [6.07, 6.45) is 0. The van der Waals surface area contributed by atoms with Gasteiger partial charge in [-0.25, -0.2) is 4.39 Å². The van der Waals surface area contributed by atoms with Crippen molar-refractivity contribution in [1.29, 1.82) is 0 Å². The monoisotopic (exact) mass is 428 g/mol. The molecule has 0 saturated heterocycles. The van der Waals surface area contributed by atoms with Crippen LogP contribution in [0.25, 0.3) is 0 Å². The highest BCUT2D eigenvalue weighted by Crippen LogP contribution is 2.45. The molecule has 0 fully saturated rings. The Bertz CT molecular complexity index is 1040. The zero-order valence-corrected chi connectivity index (χ0v) is 16.8. The molecule has 2 aliphatic rings. The Morgan fingerprint density at radius 3 is 2.77 bits per heavy atom. The number of carbonyl (C=O) groups is 2. The lowest BCUT2D eigenvalue weighted by atomic mass is 9.97. The van der Waals surface area contributed by atoms with Gasteiger partial charge in [0.1, 0.15) is 5.82 Å². The fourth-order valence-electron chi connectivity index (χ4n) is 3.68. The van der Waals surface area contributed by atoms with Crippen LogP contribution in [0.4, 0.5) is 4.39 Å². The maximum absolute atomic E-state index is 13.1. The van der Waals surface area contributed by atoms with Crippen LogP contribution in [0, 0.1) is 5.82 Å². The van der Waals surface area contributed by atoms with Gasteiger partial charge in [0.05, 0.1) is 18.2 Å². The lowest BCUT2D eigenvalue weighted by Crippen LogP contribution is -2.35. The van der Waals surface area contributed by atoms with Crippen LogP contribution in [0.15, 0.2) is 53.8 Å². The molecule has 2 N–H and O–H groups in total. The quantitative estimate of drug-likeness (QED) is 0.702. The van der Waals surface area contributed by atoms with Gasteiger partial charge in [0.2, 0.25) is 6.79 Å². The molecule has 1 atom stereocenters. The molecule has 0 spiro atoms. The predicted octanol–water partition coefficient (Wildman–Crippen LogP) is 2.21. The fourth-order valence-corrected chi connectivity index (χ4v) is 3.68. The molecule has 4 rings (SSSR count). The molecule has 0 aliphatic carbocycles. The minimum absolute atomic E-state index is 0.0207. The molecule has 9 heteroatoms. The van der Waals surface area contributed by atoms with Gasteiger partial charge in [0.25, 0.3) is 11.8 Å². The zero-order valence-electron chi connectivity index (χ0n) is 16.8. The molecule has 2 heterocycles. The van der Waals surface area contributed by atoms with Crippen molar-refractivity contribution < 1.29 is 33.3 Å². The topological polar surface area (TPSA) is 97.3 Å². The number of nitrogens with zero attached hydrogens (tertiary/aromatic N) is 1. The summed E-state index contributed by atoms with van der Waals surface area (Å²) in [5, 5.41) is 13.3. The number of rotatable bonds is 7. The Morgan fingerprint density at radius 2 is 2.03 bits per heavy atom. The van der Waals surface area contributed by atoms with Crippen molar-refractivity contribution in [1.82, 2.24) is 10.2 Å². The molecule has 0 bridgehead atoms. The van der Waals surface area contributed by atoms with Gasteiger partial charge < -0.3 is 29.5 Å². The molecule has 31 heavy (non-hydrogen) atoms. The molecular formula is C22H21FN2O6. The van der Waals surface area contributed by atoms with E-state index >= 15 is 0 Å². The highest BCUT2D eigenvalue weighted by molar-refractivity contribution is 6.08. The van der Waals surface area contributed by atoms with E-state index in [9.17, 15) is 19.1 Å². The average Bonchev–Trinajstić information content (AvgIpc) is 3.35. The molecule has 0 saturated carbocycles. The maximum atomic E-state index is 13.1. The number of methoxy groups -OCH3 is 1. The van der Waals surface area contributed by atoms with Gasteiger partial charge in [0, 0.05) is 25.8 Å². The number of para-hydroxylation sites is 1. The second-order valence-corrected chi connectivity index (χ2v) is 7.05. The van der Waals surface area contributed by atoms with Crippen LogP contribution in [0.3, 0.4) is 0 Å². The largest absolute Gasteiger partial charge is 0.503 e. The van der Waals surface area contributed by atoms with Gasteiger partial charge in [-0.15, -0.1) is 0 Å². The van der Waals surface area contributed by atoms with Crippen molar-refractivity contribution in [3.05, 3.63) is 70.7 Å². The van der Waals surface area contributed by atoms with Gasteiger partial charge in [-0.05, 0) is 23.8 Å². The van der Waals surface area contributed by atoms with Crippen molar-refractivity contribution in [2.75, 3.05) is 27.1 Å². The number of benzene rings is 2. The summed E-state index contributed by atoms with van der Waals surface area (Å²) in [7, 11) is 1.50. The number of nitrogens with one attached hydrogen (secondary N) is 1. The van der Waals surface area contributed by atoms with E-state index in [2.05, 4.69) is 5.32 Å². The summed E-state index contributed by atoms with van der Waals surface area (Å²) in [4.78, 5) is 27.2. The number of amides is 2. The Morgan fingerprint density at radius 1 is 1.26 bits per heavy atom. The van der Waals surface area contributed by atoms with Crippen LogP contribution in [0.1, 0.15) is 17.2 Å². The second kappa shape index (κ2) is 8.65. The molecule has 8 nitrogen and oxygen atoms in total. The third-order valence-electron chi connectivity index (χ3n) is 5.17. The molecule has 1 unspecified atom stereocenters. The van der Waals surface area contributed by atoms with Gasteiger partial charge >= 0.3 is 0 Å². The second-order valence-electron chi connectivity index (χ2n) is 7.05. The number of hydrogen-bond donors (Lipinski definition) is 2. The first-order valence-corrected chi connectivity index (χ1v) is 9.65. The van der Waals surface area contributed by atoms with Crippen LogP contribution in [0.5, 0.6) is 11.5 Å². The normalized spacial score (nSPS) is 17.4. The number of hydrogen-bond acceptors (Lipinski definition) is 6. The summed E-state index contributed by atoms with van der Waals surface area (Å²) in [5.74, 6) is -1.39. The first-order chi connectivity index (χ1) is 15.0. The lowest BCUT2D eigenvalue weighted by Gasteiger charge is -2.27. The van der Waals surface area contributed by atoms with Gasteiger partial charge in [0.15, 0.2) is 17.3 Å². The van der Waals surface area contributed by atoms with Crippen LogP contribution < -0.4 is 14.8 Å². The van der Waals surface area contributed by atoms with E-state index in [4.69, 9.17) is 14.2 Å². The molecular weight excluding hydrogens is 407 g/mol. The van der Waals surface area contributed by atoms with Crippen molar-refractivity contribution in [2.45, 2.75) is 12.6 Å². The lowest BCUT2D eigenvalue weighted by molar-refractivity contribution is -0.130. The standard InChI is InChI=1S/C22H21FN2O6/c1-29-10-9-25-18(15-3-2-4-16-20(15)31-12-30-16)17(19(26)22(25)28)21(27)24-11-13-5-7-14(23)8-6-13/h2-8,18,26H,9-12H2,1H3,(H,24,27). The Balaban J connectivity index is 1.66. The smallest absolute Gasteiger partial charge is 0.290 e. The Labute approximate surface area is 177 Å². The van der Waals surface area contributed by atoms with Crippen LogP contribution in [-0.4, -0.2) is 48.9 Å². The van der Waals surface area contributed by atoms with E-state index in [-0.39, 0.29) is 37.9 Å². The predicted molar refractivity (Wildman–Crippen MR) is 107 cm³/mol. The minimum atomic E-state index is -0.882. The molecule has 2 aromatic carbocycles. The number of fused-ring (bicyclic) bond motifs is 1. The molecule has 2 aliphatic heterocycles. The van der Waals surface area contributed by atoms with Crippen molar-refractivity contribution in [3.8, 4) is 11.5 Å². The summed E-state index contributed by atoms with van der Waals surface area (Å²) >= 11 is 0. The Hall–Kier alpha value is -3.59. The Kier molecular flexibility index (Phi) is 5.77. The third kappa shape index (κ3) is 3.91. The van der Waals surface area contributed by atoms with Gasteiger partial charge in [-0.2, -0.15) is 0 Å². The van der Waals surface area contributed by atoms with E-state index < -0.39 is 23.6 Å². The van der Waals surface area contributed by atoms with Gasteiger partial charge in [-0.1, -0.05) is 24.3 Å². The maximum Gasteiger partial charge on any atom is 0.290 e. The molecule has 0 radical (unpaired) electrons. The zero-order chi connectivity index (χ0) is 22.0. The summed E-state index contributed by atoms with van der Waals surface area (Å²) in [6.45, 7) is 0.490. The number of halogens is 1. The molecule has 2 amide bonds. The first-order valence-electron chi connectivity index (χ1n) is 9.65. The number of aliphatic hydroxyl groups is 1. The highest BCUT2D eigenvalue weighted by Gasteiger charge is 2.45. The van der Waals surface area contributed by atoms with E-state index in [0.29, 0.717) is 22.6 Å². The van der Waals surface area contributed by atoms with Crippen LogP contribution >= 0.6 is 0 Å². The molecule has 2 aromatic rings. The summed E-state index contributed by atoms with van der Waals surface area (Å²) in [6, 6.07) is 9.95. The summed E-state index contributed by atoms with van der Waals surface area (Å²) < 4.78 is 29.2. The van der Waals surface area contributed by atoms with Crippen molar-refractivity contribution >= 4 is 11.8 Å². The fraction of sp³-hybridized carbons (Fsp3) is 0.273. The van der Waals surface area contributed by atoms with E-state index in [0.717, 1.165) is 0 Å². The van der Waals surface area contributed by atoms with Gasteiger partial charge in [-0.3, -0.25) is 9.59 Å². The first kappa shape index (κ1) is 20.7. The highest BCUT2D eigenvalue weighted by atomic mass is 19.1. The number of aliphatic hydroxyl groups excluding tert-OH is 1. The van der Waals surface area contributed by atoms with E-state index in [1.807, 2.05) is 0 Å². The average molecular weight is 428 g/mol. The van der Waals surface area contributed by atoms with E-state index in [1.54, 1.807) is 30.3 Å². The third-order valence-corrected chi connectivity index (χ3v) is 5.17. The number of carbonyl (C=O) groups excluding carboxylic acids is 2. The molecule has 0 aromatic heterocycles. The molecule has 162 valence electrons. The van der Waals surface area contributed by atoms with Crippen LogP contribution in [0.2, 0.25) is 0 Å². The van der Waals surface area contributed by atoms with Crippen LogP contribution in [-0.2, 0) is 20.9 Å². The van der Waals surface area contributed by atoms with Crippen molar-refractivity contribution in [2.24, 2.45) is 0 Å². The summed E-state index contributed by atoms with van der Waals surface area (Å²) in [5.41, 5.74) is 1.10. The van der Waals surface area contributed by atoms with E-state index in [1.165, 1.54) is 24.1 Å².